The van der Waals surface area contributed by atoms with Gasteiger partial charge in [0.25, 0.3) is 0 Å². The number of aryl methyl sites for hydroxylation is 2. The van der Waals surface area contributed by atoms with Crippen LogP contribution in [0.1, 0.15) is 39.5 Å². The van der Waals surface area contributed by atoms with Gasteiger partial charge in [0.15, 0.2) is 11.6 Å². The van der Waals surface area contributed by atoms with Crippen molar-refractivity contribution in [2.24, 2.45) is 0 Å². The van der Waals surface area contributed by atoms with Crippen LogP contribution < -0.4 is 37.2 Å². The first-order valence-electron chi connectivity index (χ1n) is 8.83. The maximum atomic E-state index is 4.83. The molecular formula is C19H25Cl3CoN5. The summed E-state index contributed by atoms with van der Waals surface area (Å²) in [5, 5.41) is 0. The van der Waals surface area contributed by atoms with Gasteiger partial charge in [-0.2, -0.15) is 0 Å². The predicted octanol–water partition coefficient (Wildman–Crippen LogP) is -4.58. The summed E-state index contributed by atoms with van der Waals surface area (Å²) in [4.78, 5) is 13.8. The van der Waals surface area contributed by atoms with Crippen molar-refractivity contribution in [1.29, 1.82) is 0 Å². The number of hydrogen-bond acceptors (Lipinski definition) is 3. The maximum Gasteiger partial charge on any atom is 3.00 e. The van der Waals surface area contributed by atoms with Crippen LogP contribution in [0.5, 0.6) is 0 Å². The minimum absolute atomic E-state index is 0. The van der Waals surface area contributed by atoms with Crippen LogP contribution in [-0.2, 0) is 29.9 Å². The van der Waals surface area contributed by atoms with E-state index >= 15 is 0 Å². The van der Waals surface area contributed by atoms with Crippen molar-refractivity contribution >= 4 is 0 Å². The fourth-order valence-electron chi connectivity index (χ4n) is 2.79. The van der Waals surface area contributed by atoms with Gasteiger partial charge in [-0.15, -0.1) is 0 Å². The second-order valence-corrected chi connectivity index (χ2v) is 6.00. The molecule has 5 nitrogen and oxygen atoms in total. The van der Waals surface area contributed by atoms with Gasteiger partial charge in [-0.25, -0.2) is 15.0 Å². The molecule has 0 radical (unpaired) electrons. The Morgan fingerprint density at radius 3 is 1.57 bits per heavy atom. The largest absolute Gasteiger partial charge is 3.00 e. The van der Waals surface area contributed by atoms with E-state index in [0.29, 0.717) is 0 Å². The normalized spacial score (nSPS) is 9.50. The number of hydrogen-bond donors (Lipinski definition) is 0. The van der Waals surface area contributed by atoms with Crippen molar-refractivity contribution < 1.29 is 54.0 Å². The van der Waals surface area contributed by atoms with Crippen LogP contribution in [0.2, 0.25) is 0 Å². The number of halogens is 3. The molecule has 3 aromatic rings. The molecule has 3 rings (SSSR count). The van der Waals surface area contributed by atoms with Crippen LogP contribution in [0.25, 0.3) is 23.0 Å². The van der Waals surface area contributed by atoms with Gasteiger partial charge in [0.2, 0.25) is 0 Å². The molecule has 156 valence electrons. The molecule has 3 heterocycles. The fourth-order valence-corrected chi connectivity index (χ4v) is 2.79. The summed E-state index contributed by atoms with van der Waals surface area (Å²) in [7, 11) is 0. The Hall–Kier alpha value is -1.05. The third-order valence-corrected chi connectivity index (χ3v) is 4.14. The SMILES string of the molecule is CCCCn1ccnc1-c1cccc(-c2nccn2CCCC)n1.[Cl-].[Cl-].[Cl-].[Co+3]. The quantitative estimate of drug-likeness (QED) is 0.321. The van der Waals surface area contributed by atoms with E-state index in [1.165, 1.54) is 12.8 Å². The van der Waals surface area contributed by atoms with Gasteiger partial charge in [0, 0.05) is 37.9 Å². The van der Waals surface area contributed by atoms with Crippen LogP contribution in [0, 0.1) is 0 Å². The Bertz CT molecular complexity index is 730. The third kappa shape index (κ3) is 7.08. The Balaban J connectivity index is 0. The van der Waals surface area contributed by atoms with Gasteiger partial charge in [-0.1, -0.05) is 32.8 Å². The molecule has 0 aliphatic heterocycles. The van der Waals surface area contributed by atoms with Crippen LogP contribution in [-0.4, -0.2) is 24.1 Å². The monoisotopic (exact) mass is 487 g/mol. The van der Waals surface area contributed by atoms with Crippen LogP contribution in [0.4, 0.5) is 0 Å². The van der Waals surface area contributed by atoms with Gasteiger partial charge < -0.3 is 46.4 Å². The molecule has 0 spiro atoms. The van der Waals surface area contributed by atoms with Crippen LogP contribution in [0.15, 0.2) is 43.0 Å². The summed E-state index contributed by atoms with van der Waals surface area (Å²) >= 11 is 0. The summed E-state index contributed by atoms with van der Waals surface area (Å²) in [5.74, 6) is 1.86. The summed E-state index contributed by atoms with van der Waals surface area (Å²) in [6.45, 7) is 6.35. The third-order valence-electron chi connectivity index (χ3n) is 4.14. The minimum atomic E-state index is 0. The molecule has 0 aliphatic rings. The number of pyridine rings is 1. The molecule has 0 saturated heterocycles. The summed E-state index contributed by atoms with van der Waals surface area (Å²) < 4.78 is 4.36. The van der Waals surface area contributed by atoms with E-state index in [1.54, 1.807) is 0 Å². The number of nitrogens with zero attached hydrogens (tertiary/aromatic N) is 5. The summed E-state index contributed by atoms with van der Waals surface area (Å²) in [6.07, 6.45) is 12.4. The first-order chi connectivity index (χ1) is 11.8. The molecule has 0 fully saturated rings. The van der Waals surface area contributed by atoms with Crippen molar-refractivity contribution in [1.82, 2.24) is 24.1 Å². The minimum Gasteiger partial charge on any atom is -1.00 e. The number of imidazole rings is 2. The fraction of sp³-hybridized carbons (Fsp3) is 0.421. The van der Waals surface area contributed by atoms with Gasteiger partial charge in [-0.05, 0) is 25.0 Å². The van der Waals surface area contributed by atoms with Gasteiger partial charge >= 0.3 is 16.8 Å². The number of unbranched alkanes of at least 4 members (excludes halogenated alkanes) is 2. The van der Waals surface area contributed by atoms with Gasteiger partial charge in [-0.3, -0.25) is 0 Å². The Morgan fingerprint density at radius 1 is 0.750 bits per heavy atom. The number of aromatic nitrogens is 5. The maximum absolute atomic E-state index is 4.83. The smallest absolute Gasteiger partial charge is 1.00 e. The van der Waals surface area contributed by atoms with E-state index in [4.69, 9.17) is 4.98 Å². The molecule has 0 aliphatic carbocycles. The molecule has 0 aromatic carbocycles. The average Bonchev–Trinajstić information content (AvgIpc) is 3.27. The second kappa shape index (κ2) is 14.9. The topological polar surface area (TPSA) is 48.5 Å². The van der Waals surface area contributed by atoms with Crippen molar-refractivity contribution in [2.75, 3.05) is 0 Å². The molecule has 0 amide bonds. The van der Waals surface area contributed by atoms with Crippen molar-refractivity contribution in [3.63, 3.8) is 0 Å². The molecule has 0 unspecified atom stereocenters. The van der Waals surface area contributed by atoms with E-state index in [2.05, 4.69) is 32.9 Å². The van der Waals surface area contributed by atoms with Crippen molar-refractivity contribution in [3.8, 4) is 23.0 Å². The Morgan fingerprint density at radius 2 is 1.18 bits per heavy atom. The molecule has 0 saturated carbocycles. The average molecular weight is 489 g/mol. The molecule has 9 heteroatoms. The molecule has 0 atom stereocenters. The number of rotatable bonds is 8. The second-order valence-electron chi connectivity index (χ2n) is 6.00. The molecule has 3 aromatic heterocycles. The predicted molar refractivity (Wildman–Crippen MR) is 96.5 cm³/mol. The summed E-state index contributed by atoms with van der Waals surface area (Å²) in [6, 6.07) is 6.08. The van der Waals surface area contributed by atoms with Crippen molar-refractivity contribution in [3.05, 3.63) is 43.0 Å². The molecule has 28 heavy (non-hydrogen) atoms. The van der Waals surface area contributed by atoms with E-state index < -0.39 is 0 Å². The van der Waals surface area contributed by atoms with Crippen LogP contribution in [0.3, 0.4) is 0 Å². The molecule has 0 bridgehead atoms. The van der Waals surface area contributed by atoms with E-state index in [-0.39, 0.29) is 54.0 Å². The zero-order chi connectivity index (χ0) is 16.8. The Labute approximate surface area is 196 Å². The van der Waals surface area contributed by atoms with E-state index in [1.807, 2.05) is 43.0 Å². The van der Waals surface area contributed by atoms with E-state index in [9.17, 15) is 0 Å². The summed E-state index contributed by atoms with van der Waals surface area (Å²) in [5.41, 5.74) is 1.80. The zero-order valence-corrected chi connectivity index (χ0v) is 19.3. The first kappa shape index (κ1) is 29.2. The van der Waals surface area contributed by atoms with Crippen LogP contribution >= 0.6 is 0 Å². The molecule has 0 N–H and O–H groups in total. The van der Waals surface area contributed by atoms with Crippen molar-refractivity contribution in [2.45, 2.75) is 52.6 Å². The van der Waals surface area contributed by atoms with Gasteiger partial charge in [0.1, 0.15) is 11.4 Å². The standard InChI is InChI=1S/C19H25N5.3ClH.Co/c1-3-5-12-23-14-10-20-18(23)16-8-7-9-17(22-16)19-21-11-15-24(19)13-6-4-2;;;;/h7-11,14-15H,3-6,12-13H2,1-2H3;3*1H;/q;;;;+3/p-3. The van der Waals surface area contributed by atoms with Gasteiger partial charge in [0.05, 0.1) is 0 Å². The molecular weight excluding hydrogens is 464 g/mol. The van der Waals surface area contributed by atoms with E-state index in [0.717, 1.165) is 49.0 Å². The zero-order valence-electron chi connectivity index (χ0n) is 16.0. The Kier molecular flexibility index (Phi) is 15.5. The first-order valence-corrected chi connectivity index (χ1v) is 8.83.